The van der Waals surface area contributed by atoms with Crippen molar-refractivity contribution in [2.75, 3.05) is 5.73 Å². The van der Waals surface area contributed by atoms with Crippen molar-refractivity contribution in [1.29, 1.82) is 0 Å². The summed E-state index contributed by atoms with van der Waals surface area (Å²) in [5.74, 6) is 0.517. The second kappa shape index (κ2) is 8.20. The summed E-state index contributed by atoms with van der Waals surface area (Å²) in [5.41, 5.74) is 9.75. The molecule has 2 rings (SSSR count). The van der Waals surface area contributed by atoms with Crippen LogP contribution in [0, 0.1) is 6.92 Å². The number of carbonyl (C=O) groups excluding carboxylic acids is 1. The Morgan fingerprint density at radius 1 is 1.25 bits per heavy atom. The van der Waals surface area contributed by atoms with E-state index in [2.05, 4.69) is 24.4 Å². The maximum absolute atomic E-state index is 11.6. The highest BCUT2D eigenvalue weighted by Crippen LogP contribution is 2.24. The highest BCUT2D eigenvalue weighted by Gasteiger charge is 2.03. The Labute approximate surface area is 143 Å². The van der Waals surface area contributed by atoms with Gasteiger partial charge in [0.2, 0.25) is 5.91 Å². The minimum Gasteiger partial charge on any atom is -0.487 e. The van der Waals surface area contributed by atoms with E-state index >= 15 is 0 Å². The van der Waals surface area contributed by atoms with Crippen LogP contribution in [0.25, 0.3) is 6.08 Å². The van der Waals surface area contributed by atoms with Gasteiger partial charge < -0.3 is 15.8 Å². The third-order valence-electron chi connectivity index (χ3n) is 3.37. The SMILES string of the molecule is Cc1cccc(COc2ccc(/C=C\C(=O)NC(C)C)cc2N)c1. The average molecular weight is 324 g/mol. The maximum atomic E-state index is 11.6. The molecule has 0 aliphatic carbocycles. The molecule has 0 radical (unpaired) electrons. The molecule has 0 saturated carbocycles. The molecule has 0 atom stereocenters. The van der Waals surface area contributed by atoms with Gasteiger partial charge in [0.25, 0.3) is 0 Å². The number of aryl methyl sites for hydroxylation is 1. The summed E-state index contributed by atoms with van der Waals surface area (Å²) in [7, 11) is 0. The summed E-state index contributed by atoms with van der Waals surface area (Å²) in [5, 5.41) is 2.80. The van der Waals surface area contributed by atoms with Gasteiger partial charge in [-0.1, -0.05) is 35.9 Å². The number of anilines is 1. The number of rotatable bonds is 6. The normalized spacial score (nSPS) is 11.0. The number of nitrogen functional groups attached to an aromatic ring is 1. The first kappa shape index (κ1) is 17.6. The van der Waals surface area contributed by atoms with E-state index in [1.807, 2.05) is 38.1 Å². The van der Waals surface area contributed by atoms with Crippen molar-refractivity contribution in [2.45, 2.75) is 33.4 Å². The highest BCUT2D eigenvalue weighted by molar-refractivity contribution is 5.92. The van der Waals surface area contributed by atoms with Gasteiger partial charge in [-0.3, -0.25) is 4.79 Å². The number of benzene rings is 2. The van der Waals surface area contributed by atoms with Gasteiger partial charge in [-0.15, -0.1) is 0 Å². The fourth-order valence-corrected chi connectivity index (χ4v) is 2.27. The minimum absolute atomic E-state index is 0.115. The van der Waals surface area contributed by atoms with Crippen LogP contribution in [0.15, 0.2) is 48.5 Å². The predicted octanol–water partition coefficient (Wildman–Crippen LogP) is 3.69. The molecule has 0 aliphatic rings. The van der Waals surface area contributed by atoms with Gasteiger partial charge in [0, 0.05) is 12.1 Å². The third kappa shape index (κ3) is 5.47. The van der Waals surface area contributed by atoms with Gasteiger partial charge >= 0.3 is 0 Å². The lowest BCUT2D eigenvalue weighted by atomic mass is 10.1. The first-order chi connectivity index (χ1) is 11.4. The summed E-state index contributed by atoms with van der Waals surface area (Å²) in [6.45, 7) is 6.36. The Morgan fingerprint density at radius 3 is 2.71 bits per heavy atom. The van der Waals surface area contributed by atoms with Crippen LogP contribution in [0.2, 0.25) is 0 Å². The van der Waals surface area contributed by atoms with Crippen molar-refractivity contribution < 1.29 is 9.53 Å². The summed E-state index contributed by atoms with van der Waals surface area (Å²) in [6, 6.07) is 13.8. The number of nitrogens with two attached hydrogens (primary N) is 1. The van der Waals surface area contributed by atoms with Crippen molar-refractivity contribution in [3.63, 3.8) is 0 Å². The Morgan fingerprint density at radius 2 is 2.04 bits per heavy atom. The molecule has 0 spiro atoms. The van der Waals surface area contributed by atoms with Crippen LogP contribution in [-0.4, -0.2) is 11.9 Å². The zero-order valence-corrected chi connectivity index (χ0v) is 14.4. The molecule has 0 aliphatic heterocycles. The van der Waals surface area contributed by atoms with Gasteiger partial charge in [0.05, 0.1) is 5.69 Å². The summed E-state index contributed by atoms with van der Waals surface area (Å²) < 4.78 is 5.78. The van der Waals surface area contributed by atoms with Crippen LogP contribution in [0.3, 0.4) is 0 Å². The fourth-order valence-electron chi connectivity index (χ4n) is 2.27. The van der Waals surface area contributed by atoms with E-state index in [0.717, 1.165) is 11.1 Å². The van der Waals surface area contributed by atoms with Crippen LogP contribution >= 0.6 is 0 Å². The summed E-state index contributed by atoms with van der Waals surface area (Å²) in [4.78, 5) is 11.6. The standard InChI is InChI=1S/C20H24N2O2/c1-14(2)22-20(23)10-8-16-7-9-19(18(21)12-16)24-13-17-6-4-5-15(3)11-17/h4-12,14H,13,21H2,1-3H3,(H,22,23)/b10-8-. The van der Waals surface area contributed by atoms with Crippen molar-refractivity contribution in [3.8, 4) is 5.75 Å². The molecule has 0 bridgehead atoms. The highest BCUT2D eigenvalue weighted by atomic mass is 16.5. The lowest BCUT2D eigenvalue weighted by Gasteiger charge is -2.10. The molecular weight excluding hydrogens is 300 g/mol. The first-order valence-corrected chi connectivity index (χ1v) is 8.00. The van der Waals surface area contributed by atoms with E-state index in [4.69, 9.17) is 10.5 Å². The molecule has 0 unspecified atom stereocenters. The Hall–Kier alpha value is -2.75. The zero-order valence-electron chi connectivity index (χ0n) is 14.4. The van der Waals surface area contributed by atoms with Crippen molar-refractivity contribution in [3.05, 3.63) is 65.2 Å². The number of nitrogens with one attached hydrogen (secondary N) is 1. The van der Waals surface area contributed by atoms with Crippen molar-refractivity contribution in [1.82, 2.24) is 5.32 Å². The Bertz CT molecular complexity index is 736. The van der Waals surface area contributed by atoms with Gasteiger partial charge in [0.1, 0.15) is 12.4 Å². The number of amides is 1. The molecule has 0 fully saturated rings. The smallest absolute Gasteiger partial charge is 0.244 e. The van der Waals surface area contributed by atoms with Crippen LogP contribution in [0.5, 0.6) is 5.75 Å². The monoisotopic (exact) mass is 324 g/mol. The van der Waals surface area contributed by atoms with E-state index in [-0.39, 0.29) is 11.9 Å². The quantitative estimate of drug-likeness (QED) is 0.629. The second-order valence-corrected chi connectivity index (χ2v) is 6.07. The van der Waals surface area contributed by atoms with Crippen molar-refractivity contribution >= 4 is 17.7 Å². The van der Waals surface area contributed by atoms with Crippen molar-refractivity contribution in [2.24, 2.45) is 0 Å². The van der Waals surface area contributed by atoms with Crippen LogP contribution in [0.4, 0.5) is 5.69 Å². The van der Waals surface area contributed by atoms with E-state index in [0.29, 0.717) is 18.0 Å². The van der Waals surface area contributed by atoms with Gasteiger partial charge in [-0.05, 0) is 50.1 Å². The molecule has 3 N–H and O–H groups in total. The number of hydrogen-bond acceptors (Lipinski definition) is 3. The molecular formula is C20H24N2O2. The fraction of sp³-hybridized carbons (Fsp3) is 0.250. The molecule has 2 aromatic rings. The Balaban J connectivity index is 1.99. The van der Waals surface area contributed by atoms with E-state index in [1.54, 1.807) is 12.1 Å². The third-order valence-corrected chi connectivity index (χ3v) is 3.37. The summed E-state index contributed by atoms with van der Waals surface area (Å²) in [6.07, 6.45) is 3.24. The van der Waals surface area contributed by atoms with E-state index < -0.39 is 0 Å². The Kier molecular flexibility index (Phi) is 6.01. The number of carbonyl (C=O) groups is 1. The molecule has 4 heteroatoms. The molecule has 0 heterocycles. The van der Waals surface area contributed by atoms with Gasteiger partial charge in [-0.25, -0.2) is 0 Å². The zero-order chi connectivity index (χ0) is 17.5. The van der Waals surface area contributed by atoms with E-state index in [1.165, 1.54) is 11.6 Å². The van der Waals surface area contributed by atoms with E-state index in [9.17, 15) is 4.79 Å². The second-order valence-electron chi connectivity index (χ2n) is 6.07. The topological polar surface area (TPSA) is 64.3 Å². The minimum atomic E-state index is -0.122. The van der Waals surface area contributed by atoms with Crippen LogP contribution in [-0.2, 0) is 11.4 Å². The van der Waals surface area contributed by atoms with Gasteiger partial charge in [0.15, 0.2) is 0 Å². The molecule has 24 heavy (non-hydrogen) atoms. The maximum Gasteiger partial charge on any atom is 0.244 e. The molecule has 0 saturated heterocycles. The first-order valence-electron chi connectivity index (χ1n) is 8.00. The lowest BCUT2D eigenvalue weighted by Crippen LogP contribution is -2.28. The number of ether oxygens (including phenoxy) is 1. The molecule has 1 amide bonds. The molecule has 2 aromatic carbocycles. The molecule has 0 aromatic heterocycles. The van der Waals surface area contributed by atoms with Crippen LogP contribution in [0.1, 0.15) is 30.5 Å². The number of hydrogen-bond donors (Lipinski definition) is 2. The van der Waals surface area contributed by atoms with Gasteiger partial charge in [-0.2, -0.15) is 0 Å². The average Bonchev–Trinajstić information content (AvgIpc) is 2.51. The molecule has 4 nitrogen and oxygen atoms in total. The lowest BCUT2D eigenvalue weighted by molar-refractivity contribution is -0.116. The molecule has 126 valence electrons. The largest absolute Gasteiger partial charge is 0.487 e. The predicted molar refractivity (Wildman–Crippen MR) is 98.7 cm³/mol. The summed E-state index contributed by atoms with van der Waals surface area (Å²) >= 11 is 0. The van der Waals surface area contributed by atoms with Crippen LogP contribution < -0.4 is 15.8 Å².